The van der Waals surface area contributed by atoms with Crippen LogP contribution in [0.15, 0.2) is 36.8 Å². The van der Waals surface area contributed by atoms with Crippen molar-refractivity contribution in [3.63, 3.8) is 0 Å². The molecular weight excluding hydrogens is 286 g/mol. The summed E-state index contributed by atoms with van der Waals surface area (Å²) in [6.07, 6.45) is 3.28. The topological polar surface area (TPSA) is 75.0 Å². The molecule has 3 atom stereocenters. The molecule has 2 rings (SSSR count). The summed E-state index contributed by atoms with van der Waals surface area (Å²) < 4.78 is 5.12. The molecule has 1 N–H and O–H groups in total. The Hall–Kier alpha value is -2.26. The SMILES string of the molecule is C=C1NC(=S)C(C#N)[C@@H](c2cccnc2)[C@H]1C(=O)OCC. The van der Waals surface area contributed by atoms with Crippen LogP contribution in [0.1, 0.15) is 18.4 Å². The van der Waals surface area contributed by atoms with Crippen molar-refractivity contribution in [3.8, 4) is 6.07 Å². The minimum absolute atomic E-state index is 0.268. The van der Waals surface area contributed by atoms with E-state index in [1.54, 1.807) is 25.4 Å². The lowest BCUT2D eigenvalue weighted by molar-refractivity contribution is -0.147. The monoisotopic (exact) mass is 301 g/mol. The van der Waals surface area contributed by atoms with Gasteiger partial charge in [0.25, 0.3) is 0 Å². The molecule has 1 aliphatic heterocycles. The maximum atomic E-state index is 12.3. The molecule has 0 aliphatic carbocycles. The molecule has 21 heavy (non-hydrogen) atoms. The highest BCUT2D eigenvalue weighted by Gasteiger charge is 2.44. The molecule has 1 unspecified atom stereocenters. The summed E-state index contributed by atoms with van der Waals surface area (Å²) in [5, 5.41) is 12.3. The van der Waals surface area contributed by atoms with Gasteiger partial charge in [-0.25, -0.2) is 0 Å². The third kappa shape index (κ3) is 2.93. The quantitative estimate of drug-likeness (QED) is 0.679. The Balaban J connectivity index is 2.48. The van der Waals surface area contributed by atoms with Gasteiger partial charge in [0, 0.05) is 24.0 Å². The zero-order valence-corrected chi connectivity index (χ0v) is 12.4. The van der Waals surface area contributed by atoms with Crippen LogP contribution in [0.25, 0.3) is 0 Å². The van der Waals surface area contributed by atoms with E-state index >= 15 is 0 Å². The van der Waals surface area contributed by atoms with E-state index in [2.05, 4.69) is 22.9 Å². The number of aromatic nitrogens is 1. The Bertz CT molecular complexity index is 609. The summed E-state index contributed by atoms with van der Waals surface area (Å²) in [5.41, 5.74) is 1.23. The number of carbonyl (C=O) groups is 1. The van der Waals surface area contributed by atoms with E-state index in [4.69, 9.17) is 17.0 Å². The first-order valence-electron chi connectivity index (χ1n) is 6.56. The Morgan fingerprint density at radius 2 is 2.43 bits per heavy atom. The van der Waals surface area contributed by atoms with Gasteiger partial charge in [0.2, 0.25) is 0 Å². The number of piperidine rings is 1. The number of ether oxygens (including phenoxy) is 1. The van der Waals surface area contributed by atoms with Crippen molar-refractivity contribution in [1.82, 2.24) is 10.3 Å². The fraction of sp³-hybridized carbons (Fsp3) is 0.333. The molecule has 2 heterocycles. The van der Waals surface area contributed by atoms with E-state index in [1.165, 1.54) is 0 Å². The largest absolute Gasteiger partial charge is 0.465 e. The lowest BCUT2D eigenvalue weighted by Gasteiger charge is -2.36. The summed E-state index contributed by atoms with van der Waals surface area (Å²) in [6, 6.07) is 5.76. The van der Waals surface area contributed by atoms with Gasteiger partial charge in [0.05, 0.1) is 17.7 Å². The minimum Gasteiger partial charge on any atom is -0.465 e. The number of nitrogens with zero attached hydrogens (tertiary/aromatic N) is 2. The highest BCUT2D eigenvalue weighted by molar-refractivity contribution is 7.80. The van der Waals surface area contributed by atoms with Gasteiger partial charge in [-0.15, -0.1) is 0 Å². The number of hydrogen-bond acceptors (Lipinski definition) is 5. The molecule has 1 aromatic rings. The van der Waals surface area contributed by atoms with Gasteiger partial charge in [-0.2, -0.15) is 5.26 Å². The zero-order valence-electron chi connectivity index (χ0n) is 11.6. The standard InChI is InChI=1S/C15H15N3O2S/c1-3-20-15(19)12-9(2)18-14(21)11(7-16)13(12)10-5-4-6-17-8-10/h4-6,8,11-13H,2-3H2,1H3,(H,18,21)/t11?,12-,13+/m0/s1. The lowest BCUT2D eigenvalue weighted by Crippen LogP contribution is -2.46. The van der Waals surface area contributed by atoms with Crippen molar-refractivity contribution in [3.05, 3.63) is 42.4 Å². The van der Waals surface area contributed by atoms with Crippen LogP contribution in [0.2, 0.25) is 0 Å². The van der Waals surface area contributed by atoms with Crippen molar-refractivity contribution in [2.24, 2.45) is 11.8 Å². The van der Waals surface area contributed by atoms with E-state index in [9.17, 15) is 10.1 Å². The Morgan fingerprint density at radius 1 is 1.67 bits per heavy atom. The number of nitrogens with one attached hydrogen (secondary N) is 1. The predicted octanol–water partition coefficient (Wildman–Crippen LogP) is 1.93. The highest BCUT2D eigenvalue weighted by atomic mass is 32.1. The Kier molecular flexibility index (Phi) is 4.66. The molecule has 0 bridgehead atoms. The van der Waals surface area contributed by atoms with Crippen LogP contribution < -0.4 is 5.32 Å². The van der Waals surface area contributed by atoms with Gasteiger partial charge in [-0.05, 0) is 18.6 Å². The summed E-state index contributed by atoms with van der Waals surface area (Å²) in [4.78, 5) is 16.7. The van der Waals surface area contributed by atoms with E-state index in [0.29, 0.717) is 10.7 Å². The molecule has 0 amide bonds. The number of thiocarbonyl (C=S) groups is 1. The second-order valence-electron chi connectivity index (χ2n) is 4.66. The molecular formula is C15H15N3O2S. The van der Waals surface area contributed by atoms with Crippen LogP contribution in [0, 0.1) is 23.2 Å². The van der Waals surface area contributed by atoms with Crippen LogP contribution in [0.3, 0.4) is 0 Å². The average Bonchev–Trinajstić information content (AvgIpc) is 2.47. The average molecular weight is 301 g/mol. The van der Waals surface area contributed by atoms with Crippen LogP contribution in [0.5, 0.6) is 0 Å². The summed E-state index contributed by atoms with van der Waals surface area (Å²) in [5.74, 6) is -2.13. The van der Waals surface area contributed by atoms with Crippen molar-refractivity contribution in [1.29, 1.82) is 5.26 Å². The molecule has 108 valence electrons. The summed E-state index contributed by atoms with van der Waals surface area (Å²) in [6.45, 7) is 5.87. The number of pyridine rings is 1. The first-order valence-corrected chi connectivity index (χ1v) is 6.96. The van der Waals surface area contributed by atoms with Crippen molar-refractivity contribution in [2.45, 2.75) is 12.8 Å². The molecule has 0 aromatic carbocycles. The van der Waals surface area contributed by atoms with Gasteiger partial charge in [0.15, 0.2) is 0 Å². The van der Waals surface area contributed by atoms with Crippen molar-refractivity contribution < 1.29 is 9.53 Å². The van der Waals surface area contributed by atoms with Gasteiger partial charge in [-0.3, -0.25) is 9.78 Å². The van der Waals surface area contributed by atoms with Gasteiger partial charge in [0.1, 0.15) is 11.8 Å². The van der Waals surface area contributed by atoms with Crippen LogP contribution in [-0.2, 0) is 9.53 Å². The number of nitriles is 1. The molecule has 0 radical (unpaired) electrons. The number of hydrogen-bond donors (Lipinski definition) is 1. The van der Waals surface area contributed by atoms with E-state index in [-0.39, 0.29) is 6.61 Å². The second-order valence-corrected chi connectivity index (χ2v) is 5.10. The maximum absolute atomic E-state index is 12.3. The first-order chi connectivity index (χ1) is 10.1. The van der Waals surface area contributed by atoms with Crippen molar-refractivity contribution >= 4 is 23.2 Å². The zero-order chi connectivity index (χ0) is 15.4. The number of carbonyl (C=O) groups excluding carboxylic acids is 1. The maximum Gasteiger partial charge on any atom is 0.315 e. The van der Waals surface area contributed by atoms with E-state index in [0.717, 1.165) is 5.56 Å². The molecule has 0 spiro atoms. The number of esters is 1. The summed E-state index contributed by atoms with van der Waals surface area (Å²) in [7, 11) is 0. The van der Waals surface area contributed by atoms with Gasteiger partial charge in [-0.1, -0.05) is 24.9 Å². The first kappa shape index (κ1) is 15.1. The molecule has 1 aromatic heterocycles. The predicted molar refractivity (Wildman–Crippen MR) is 81.1 cm³/mol. The van der Waals surface area contributed by atoms with Gasteiger partial charge >= 0.3 is 5.97 Å². The summed E-state index contributed by atoms with van der Waals surface area (Å²) >= 11 is 5.22. The van der Waals surface area contributed by atoms with Crippen LogP contribution >= 0.6 is 12.2 Å². The smallest absolute Gasteiger partial charge is 0.315 e. The van der Waals surface area contributed by atoms with Crippen LogP contribution in [0.4, 0.5) is 0 Å². The van der Waals surface area contributed by atoms with E-state index < -0.39 is 23.7 Å². The fourth-order valence-corrected chi connectivity index (χ4v) is 2.83. The highest BCUT2D eigenvalue weighted by Crippen LogP contribution is 2.39. The fourth-order valence-electron chi connectivity index (χ4n) is 2.50. The Morgan fingerprint density at radius 3 is 3.00 bits per heavy atom. The normalized spacial score (nSPS) is 24.9. The minimum atomic E-state index is -0.662. The van der Waals surface area contributed by atoms with Crippen LogP contribution in [-0.4, -0.2) is 22.5 Å². The molecule has 6 heteroatoms. The molecule has 0 saturated carbocycles. The third-order valence-electron chi connectivity index (χ3n) is 3.41. The molecule has 1 saturated heterocycles. The lowest BCUT2D eigenvalue weighted by atomic mass is 9.73. The molecule has 1 aliphatic rings. The number of rotatable bonds is 3. The van der Waals surface area contributed by atoms with Crippen molar-refractivity contribution in [2.75, 3.05) is 6.61 Å². The molecule has 1 fully saturated rings. The Labute approximate surface area is 128 Å². The second kappa shape index (κ2) is 6.46. The van der Waals surface area contributed by atoms with E-state index in [1.807, 2.05) is 6.07 Å². The molecule has 5 nitrogen and oxygen atoms in total. The van der Waals surface area contributed by atoms with Gasteiger partial charge < -0.3 is 10.1 Å². The third-order valence-corrected chi connectivity index (χ3v) is 3.76.